The van der Waals surface area contributed by atoms with Gasteiger partial charge in [-0.05, 0) is 63.2 Å². The minimum Gasteiger partial charge on any atom is -0.393 e. The van der Waals surface area contributed by atoms with Gasteiger partial charge in [0.25, 0.3) is 0 Å². The molecule has 2 N–H and O–H groups in total. The normalized spacial score (nSPS) is 41.5. The Kier molecular flexibility index (Phi) is 7.47. The summed E-state index contributed by atoms with van der Waals surface area (Å²) < 4.78 is 44.4. The Labute approximate surface area is 161 Å². The Morgan fingerprint density at radius 3 is 2.36 bits per heavy atom. The molecule has 2 rings (SSSR count). The van der Waals surface area contributed by atoms with Crippen LogP contribution >= 0.6 is 22.6 Å². The van der Waals surface area contributed by atoms with Crippen molar-refractivity contribution >= 4 is 22.6 Å². The van der Waals surface area contributed by atoms with Crippen LogP contribution in [-0.2, 0) is 4.74 Å². The highest BCUT2D eigenvalue weighted by Crippen LogP contribution is 2.45. The summed E-state index contributed by atoms with van der Waals surface area (Å²) in [6, 6.07) is 0. The Balaban J connectivity index is 1.95. The van der Waals surface area contributed by atoms with Crippen molar-refractivity contribution in [3.8, 4) is 0 Å². The van der Waals surface area contributed by atoms with Gasteiger partial charge in [0.2, 0.25) is 0 Å². The molecule has 0 aromatic carbocycles. The van der Waals surface area contributed by atoms with Crippen molar-refractivity contribution in [3.05, 3.63) is 0 Å². The van der Waals surface area contributed by atoms with E-state index in [9.17, 15) is 23.4 Å². The highest BCUT2D eigenvalue weighted by Gasteiger charge is 2.46. The van der Waals surface area contributed by atoms with E-state index in [2.05, 4.69) is 22.6 Å². The number of hydrogen-bond donors (Lipinski definition) is 2. The maximum absolute atomic E-state index is 12.7. The number of halogens is 4. The van der Waals surface area contributed by atoms with Crippen molar-refractivity contribution < 1.29 is 28.1 Å². The SMILES string of the molecule is C[C@@H]1C(I)CC(C)(OCC2CCC(O)CC2)CC1C(O)CC(F)(F)F. The Bertz CT molecular complexity index is 426. The molecule has 0 aliphatic heterocycles. The van der Waals surface area contributed by atoms with Gasteiger partial charge in [-0.1, -0.05) is 29.5 Å². The molecule has 0 amide bonds. The summed E-state index contributed by atoms with van der Waals surface area (Å²) in [6.45, 7) is 4.49. The van der Waals surface area contributed by atoms with Crippen molar-refractivity contribution in [1.82, 2.24) is 0 Å². The summed E-state index contributed by atoms with van der Waals surface area (Å²) in [5.41, 5.74) is -0.494. The van der Waals surface area contributed by atoms with Crippen LogP contribution in [-0.4, -0.2) is 44.7 Å². The van der Waals surface area contributed by atoms with Crippen LogP contribution in [0.3, 0.4) is 0 Å². The molecule has 148 valence electrons. The third-order valence-electron chi connectivity index (χ3n) is 5.96. The summed E-state index contributed by atoms with van der Waals surface area (Å²) in [5.74, 6) is 0.0284. The van der Waals surface area contributed by atoms with E-state index in [1.54, 1.807) is 0 Å². The van der Waals surface area contributed by atoms with E-state index >= 15 is 0 Å². The lowest BCUT2D eigenvalue weighted by molar-refractivity contribution is -0.171. The number of hydrogen-bond acceptors (Lipinski definition) is 3. The third kappa shape index (κ3) is 6.50. The lowest BCUT2D eigenvalue weighted by Gasteiger charge is -2.46. The second kappa shape index (κ2) is 8.61. The van der Waals surface area contributed by atoms with E-state index in [0.29, 0.717) is 18.9 Å². The van der Waals surface area contributed by atoms with Gasteiger partial charge in [-0.25, -0.2) is 0 Å². The van der Waals surface area contributed by atoms with Crippen molar-refractivity contribution in [2.75, 3.05) is 6.61 Å². The molecule has 3 nitrogen and oxygen atoms in total. The quantitative estimate of drug-likeness (QED) is 0.453. The minimum atomic E-state index is -4.35. The fourth-order valence-electron chi connectivity index (χ4n) is 4.26. The number of ether oxygens (including phenoxy) is 1. The maximum atomic E-state index is 12.7. The minimum absolute atomic E-state index is 0.0273. The van der Waals surface area contributed by atoms with Gasteiger partial charge in [-0.2, -0.15) is 13.2 Å². The van der Waals surface area contributed by atoms with Gasteiger partial charge in [-0.15, -0.1) is 0 Å². The summed E-state index contributed by atoms with van der Waals surface area (Å²) in [6.07, 6.45) is -2.38. The summed E-state index contributed by atoms with van der Waals surface area (Å²) in [7, 11) is 0. The average Bonchev–Trinajstić information content (AvgIpc) is 2.49. The number of aliphatic hydroxyl groups is 2. The molecule has 0 bridgehead atoms. The lowest BCUT2D eigenvalue weighted by Crippen LogP contribution is -2.48. The molecule has 7 heteroatoms. The Hall–Kier alpha value is 0.400. The van der Waals surface area contributed by atoms with Crippen molar-refractivity contribution in [2.45, 2.75) is 86.7 Å². The molecule has 0 aromatic heterocycles. The predicted octanol–water partition coefficient (Wildman–Crippen LogP) is 4.48. The van der Waals surface area contributed by atoms with Crippen molar-refractivity contribution in [2.24, 2.45) is 17.8 Å². The van der Waals surface area contributed by atoms with Gasteiger partial charge >= 0.3 is 6.18 Å². The summed E-state index contributed by atoms with van der Waals surface area (Å²) in [4.78, 5) is 0. The third-order valence-corrected chi connectivity index (χ3v) is 7.53. The van der Waals surface area contributed by atoms with Gasteiger partial charge in [0.15, 0.2) is 0 Å². The molecule has 0 saturated heterocycles. The molecule has 0 spiro atoms. The zero-order valence-corrected chi connectivity index (χ0v) is 17.1. The van der Waals surface area contributed by atoms with Crippen LogP contribution in [0.2, 0.25) is 0 Å². The second-order valence-corrected chi connectivity index (χ2v) is 9.87. The largest absolute Gasteiger partial charge is 0.393 e. The molecule has 5 atom stereocenters. The highest BCUT2D eigenvalue weighted by atomic mass is 127. The zero-order chi connectivity index (χ0) is 18.8. The van der Waals surface area contributed by atoms with Crippen LogP contribution in [0.5, 0.6) is 0 Å². The topological polar surface area (TPSA) is 49.7 Å². The average molecular weight is 478 g/mol. The first kappa shape index (κ1) is 21.7. The van der Waals surface area contributed by atoms with Gasteiger partial charge in [0.1, 0.15) is 0 Å². The van der Waals surface area contributed by atoms with E-state index in [1.165, 1.54) is 0 Å². The van der Waals surface area contributed by atoms with Gasteiger partial charge in [0.05, 0.1) is 30.8 Å². The molecule has 2 aliphatic carbocycles. The molecule has 2 saturated carbocycles. The fourth-order valence-corrected chi connectivity index (χ4v) is 5.72. The van der Waals surface area contributed by atoms with Crippen molar-refractivity contribution in [1.29, 1.82) is 0 Å². The first-order valence-corrected chi connectivity index (χ1v) is 10.4. The van der Waals surface area contributed by atoms with Crippen LogP contribution in [0.1, 0.15) is 58.8 Å². The predicted molar refractivity (Wildman–Crippen MR) is 98.7 cm³/mol. The van der Waals surface area contributed by atoms with E-state index in [1.807, 2.05) is 13.8 Å². The first-order valence-electron chi connectivity index (χ1n) is 9.20. The lowest BCUT2D eigenvalue weighted by atomic mass is 9.70. The Morgan fingerprint density at radius 1 is 1.20 bits per heavy atom. The number of aliphatic hydroxyl groups excluding tert-OH is 2. The van der Waals surface area contributed by atoms with Gasteiger partial charge in [-0.3, -0.25) is 0 Å². The van der Waals surface area contributed by atoms with E-state index in [4.69, 9.17) is 4.74 Å². The first-order chi connectivity index (χ1) is 11.5. The molecule has 0 heterocycles. The number of alkyl halides is 4. The summed E-state index contributed by atoms with van der Waals surface area (Å²) in [5, 5.41) is 19.8. The van der Waals surface area contributed by atoms with E-state index in [0.717, 1.165) is 32.1 Å². The van der Waals surface area contributed by atoms with Crippen LogP contribution < -0.4 is 0 Å². The van der Waals surface area contributed by atoms with Crippen molar-refractivity contribution in [3.63, 3.8) is 0 Å². The molecular formula is C18H30F3IO3. The van der Waals surface area contributed by atoms with E-state index < -0.39 is 30.2 Å². The molecule has 0 radical (unpaired) electrons. The Morgan fingerprint density at radius 2 is 1.80 bits per heavy atom. The zero-order valence-electron chi connectivity index (χ0n) is 14.9. The van der Waals surface area contributed by atoms with Crippen LogP contribution in [0.4, 0.5) is 13.2 Å². The fraction of sp³-hybridized carbons (Fsp3) is 1.00. The summed E-state index contributed by atoms with van der Waals surface area (Å²) >= 11 is 2.29. The van der Waals surface area contributed by atoms with Gasteiger partial charge < -0.3 is 14.9 Å². The number of rotatable bonds is 5. The molecule has 2 fully saturated rings. The molecule has 25 heavy (non-hydrogen) atoms. The van der Waals surface area contributed by atoms with Gasteiger partial charge in [0, 0.05) is 3.92 Å². The molecule has 4 unspecified atom stereocenters. The molecule has 0 aromatic rings. The maximum Gasteiger partial charge on any atom is 0.391 e. The highest BCUT2D eigenvalue weighted by molar-refractivity contribution is 14.1. The molecular weight excluding hydrogens is 448 g/mol. The standard InChI is InChI=1S/C18H30F3IO3/c1-11-14(16(24)9-18(19,20)21)7-17(2,8-15(11)22)25-10-12-3-5-13(23)6-4-12/h11-16,23-24H,3-10H2,1-2H3/t11-,12?,13?,14?,15?,16?,17?/m0/s1. The smallest absolute Gasteiger partial charge is 0.391 e. The second-order valence-electron chi connectivity index (χ2n) is 8.27. The van der Waals surface area contributed by atoms with E-state index in [-0.39, 0.29) is 15.9 Å². The van der Waals surface area contributed by atoms with Crippen LogP contribution in [0.15, 0.2) is 0 Å². The van der Waals surface area contributed by atoms with Crippen LogP contribution in [0, 0.1) is 17.8 Å². The molecule has 2 aliphatic rings. The monoisotopic (exact) mass is 478 g/mol. The van der Waals surface area contributed by atoms with Crippen LogP contribution in [0.25, 0.3) is 0 Å².